The van der Waals surface area contributed by atoms with Crippen molar-refractivity contribution in [1.82, 2.24) is 15.2 Å². The van der Waals surface area contributed by atoms with Gasteiger partial charge in [0.15, 0.2) is 0 Å². The van der Waals surface area contributed by atoms with Crippen LogP contribution in [0.15, 0.2) is 21.4 Å². The molecule has 1 aliphatic heterocycles. The number of ether oxygens (including phenoxy) is 1. The molecule has 3 rings (SSSR count). The molecule has 0 radical (unpaired) electrons. The zero-order valence-electron chi connectivity index (χ0n) is 11.2. The van der Waals surface area contributed by atoms with Gasteiger partial charge < -0.3 is 9.64 Å². The highest BCUT2D eigenvalue weighted by molar-refractivity contribution is 9.10. The van der Waals surface area contributed by atoms with Crippen molar-refractivity contribution in [2.45, 2.75) is 26.5 Å². The summed E-state index contributed by atoms with van der Waals surface area (Å²) in [5.41, 5.74) is 1.85. The summed E-state index contributed by atoms with van der Waals surface area (Å²) in [4.78, 5) is 15.9. The smallest absolute Gasteiger partial charge is 0.340 e. The number of rotatable bonds is 2. The number of halogens is 1. The van der Waals surface area contributed by atoms with Gasteiger partial charge in [-0.15, -0.1) is 0 Å². The Morgan fingerprint density at radius 1 is 1.55 bits per heavy atom. The van der Waals surface area contributed by atoms with Crippen molar-refractivity contribution >= 4 is 21.6 Å². The van der Waals surface area contributed by atoms with Crippen LogP contribution in [0.3, 0.4) is 0 Å². The maximum Gasteiger partial charge on any atom is 0.340 e. The van der Waals surface area contributed by atoms with Crippen molar-refractivity contribution in [1.29, 1.82) is 0 Å². The van der Waals surface area contributed by atoms with Gasteiger partial charge >= 0.3 is 5.69 Å². The van der Waals surface area contributed by atoms with Crippen molar-refractivity contribution < 1.29 is 4.74 Å². The summed E-state index contributed by atoms with van der Waals surface area (Å²) in [6.45, 7) is 5.34. The van der Waals surface area contributed by atoms with E-state index >= 15 is 0 Å². The average Bonchev–Trinajstić information content (AvgIpc) is 2.77. The first-order valence-corrected chi connectivity index (χ1v) is 7.17. The minimum Gasteiger partial charge on any atom is -0.487 e. The summed E-state index contributed by atoms with van der Waals surface area (Å²) in [7, 11) is 0. The third-order valence-electron chi connectivity index (χ3n) is 3.28. The Balaban J connectivity index is 1.96. The van der Waals surface area contributed by atoms with Crippen LogP contribution in [0.5, 0.6) is 5.75 Å². The van der Waals surface area contributed by atoms with E-state index in [-0.39, 0.29) is 11.8 Å². The highest BCUT2D eigenvalue weighted by Crippen LogP contribution is 2.38. The Morgan fingerprint density at radius 2 is 2.35 bits per heavy atom. The van der Waals surface area contributed by atoms with Gasteiger partial charge in [0.1, 0.15) is 17.7 Å². The molecular formula is C13H15BrN4O2. The molecule has 2 N–H and O–H groups in total. The topological polar surface area (TPSA) is 74.0 Å². The molecular weight excluding hydrogens is 324 g/mol. The van der Waals surface area contributed by atoms with E-state index < -0.39 is 0 Å². The second-order valence-electron chi connectivity index (χ2n) is 5.00. The third kappa shape index (κ3) is 2.45. The summed E-state index contributed by atoms with van der Waals surface area (Å²) >= 11 is 3.54. The van der Waals surface area contributed by atoms with Crippen LogP contribution < -0.4 is 15.3 Å². The van der Waals surface area contributed by atoms with E-state index in [1.54, 1.807) is 0 Å². The molecule has 2 aromatic rings. The Bertz CT molecular complexity index is 694. The average molecular weight is 339 g/mol. The number of hydrogen-bond acceptors (Lipinski definition) is 4. The van der Waals surface area contributed by atoms with E-state index in [0.29, 0.717) is 12.4 Å². The van der Waals surface area contributed by atoms with Crippen LogP contribution in [0.2, 0.25) is 0 Å². The van der Waals surface area contributed by atoms with Crippen molar-refractivity contribution in [2.24, 2.45) is 0 Å². The van der Waals surface area contributed by atoms with Crippen molar-refractivity contribution in [2.75, 3.05) is 11.4 Å². The lowest BCUT2D eigenvalue weighted by molar-refractivity contribution is 0.211. The standard InChI is InChI=1S/C13H15BrN4O2/c1-7-3-11-10(4-9(7)14)18(5-8(2)20-11)6-12-15-13(19)17-16-12/h3-4,8H,5-6H2,1-2H3,(H2,15,16,17,19)/t8-/m1/s1. The van der Waals surface area contributed by atoms with E-state index in [0.717, 1.165) is 28.0 Å². The lowest BCUT2D eigenvalue weighted by Gasteiger charge is -2.34. The Kier molecular flexibility index (Phi) is 3.29. The lowest BCUT2D eigenvalue weighted by Crippen LogP contribution is -2.38. The molecule has 106 valence electrons. The van der Waals surface area contributed by atoms with Gasteiger partial charge in [-0.25, -0.2) is 9.89 Å². The number of aromatic nitrogens is 3. The highest BCUT2D eigenvalue weighted by Gasteiger charge is 2.24. The molecule has 0 aliphatic carbocycles. The summed E-state index contributed by atoms with van der Waals surface area (Å²) in [5.74, 6) is 1.48. The minimum absolute atomic E-state index is 0.0914. The number of nitrogens with one attached hydrogen (secondary N) is 2. The second-order valence-corrected chi connectivity index (χ2v) is 5.86. The molecule has 1 aromatic carbocycles. The monoisotopic (exact) mass is 338 g/mol. The van der Waals surface area contributed by atoms with Crippen LogP contribution in [0.25, 0.3) is 0 Å². The normalized spacial score (nSPS) is 17.8. The van der Waals surface area contributed by atoms with E-state index in [4.69, 9.17) is 4.74 Å². The molecule has 20 heavy (non-hydrogen) atoms. The first-order valence-electron chi connectivity index (χ1n) is 6.38. The number of benzene rings is 1. The Hall–Kier alpha value is -1.76. The van der Waals surface area contributed by atoms with Crippen molar-refractivity contribution in [3.8, 4) is 5.75 Å². The molecule has 6 nitrogen and oxygen atoms in total. The summed E-state index contributed by atoms with van der Waals surface area (Å²) in [6, 6.07) is 4.07. The fourth-order valence-electron chi connectivity index (χ4n) is 2.36. The highest BCUT2D eigenvalue weighted by atomic mass is 79.9. The van der Waals surface area contributed by atoms with Crippen LogP contribution in [0, 0.1) is 6.92 Å². The SMILES string of the molecule is Cc1cc2c(cc1Br)N(Cc1n[nH]c(=O)[nH]1)C[C@@H](C)O2. The molecule has 1 aromatic heterocycles. The number of fused-ring (bicyclic) bond motifs is 1. The van der Waals surface area contributed by atoms with Gasteiger partial charge in [-0.05, 0) is 31.5 Å². The van der Waals surface area contributed by atoms with Crippen LogP contribution >= 0.6 is 15.9 Å². The first kappa shape index (κ1) is 13.2. The Morgan fingerprint density at radius 3 is 3.05 bits per heavy atom. The molecule has 0 bridgehead atoms. The molecule has 0 spiro atoms. The quantitative estimate of drug-likeness (QED) is 0.877. The molecule has 0 saturated carbocycles. The fourth-order valence-corrected chi connectivity index (χ4v) is 2.69. The minimum atomic E-state index is -0.286. The summed E-state index contributed by atoms with van der Waals surface area (Å²) in [5, 5.41) is 6.35. The molecule has 0 saturated heterocycles. The van der Waals surface area contributed by atoms with Gasteiger partial charge in [-0.2, -0.15) is 5.10 Å². The van der Waals surface area contributed by atoms with Gasteiger partial charge in [-0.3, -0.25) is 4.98 Å². The number of aromatic amines is 2. The van der Waals surface area contributed by atoms with E-state index in [9.17, 15) is 4.79 Å². The zero-order valence-corrected chi connectivity index (χ0v) is 12.8. The predicted molar refractivity (Wildman–Crippen MR) is 79.2 cm³/mol. The maximum atomic E-state index is 11.1. The van der Waals surface area contributed by atoms with Gasteiger partial charge in [0.05, 0.1) is 18.8 Å². The zero-order chi connectivity index (χ0) is 14.3. The van der Waals surface area contributed by atoms with Crippen molar-refractivity contribution in [3.05, 3.63) is 38.5 Å². The molecule has 1 aliphatic rings. The Labute approximate surface area is 124 Å². The van der Waals surface area contributed by atoms with Crippen LogP contribution in [-0.4, -0.2) is 27.8 Å². The van der Waals surface area contributed by atoms with E-state index in [1.807, 2.05) is 26.0 Å². The van der Waals surface area contributed by atoms with Crippen LogP contribution in [-0.2, 0) is 6.54 Å². The van der Waals surface area contributed by atoms with Gasteiger partial charge in [0.2, 0.25) is 0 Å². The largest absolute Gasteiger partial charge is 0.487 e. The van der Waals surface area contributed by atoms with Gasteiger partial charge in [0.25, 0.3) is 0 Å². The first-order chi connectivity index (χ1) is 9.52. The number of anilines is 1. The molecule has 7 heteroatoms. The predicted octanol–water partition coefficient (Wildman–Crippen LogP) is 1.96. The maximum absolute atomic E-state index is 11.1. The van der Waals surface area contributed by atoms with Gasteiger partial charge in [-0.1, -0.05) is 15.9 Å². The number of aryl methyl sites for hydroxylation is 1. The molecule has 0 amide bonds. The van der Waals surface area contributed by atoms with E-state index in [1.165, 1.54) is 0 Å². The van der Waals surface area contributed by atoms with Gasteiger partial charge in [0, 0.05) is 4.47 Å². The van der Waals surface area contributed by atoms with E-state index in [2.05, 4.69) is 36.0 Å². The fraction of sp³-hybridized carbons (Fsp3) is 0.385. The summed E-state index contributed by atoms with van der Waals surface area (Å²) in [6.07, 6.45) is 0.0914. The summed E-state index contributed by atoms with van der Waals surface area (Å²) < 4.78 is 6.92. The van der Waals surface area contributed by atoms with Crippen molar-refractivity contribution in [3.63, 3.8) is 0 Å². The lowest BCUT2D eigenvalue weighted by atomic mass is 10.1. The number of hydrogen-bond donors (Lipinski definition) is 2. The molecule has 1 atom stereocenters. The number of H-pyrrole nitrogens is 2. The van der Waals surface area contributed by atoms with Crippen LogP contribution in [0.1, 0.15) is 18.3 Å². The molecule has 0 fully saturated rings. The number of nitrogens with zero attached hydrogens (tertiary/aromatic N) is 2. The molecule has 0 unspecified atom stereocenters. The molecule has 2 heterocycles. The van der Waals surface area contributed by atoms with Crippen LogP contribution in [0.4, 0.5) is 5.69 Å². The second kappa shape index (κ2) is 4.97. The third-order valence-corrected chi connectivity index (χ3v) is 4.13.